The van der Waals surface area contributed by atoms with Gasteiger partial charge in [0.2, 0.25) is 0 Å². The van der Waals surface area contributed by atoms with E-state index >= 15 is 0 Å². The van der Waals surface area contributed by atoms with Gasteiger partial charge in [-0.15, -0.1) is 5.10 Å². The van der Waals surface area contributed by atoms with Crippen molar-refractivity contribution in [3.05, 3.63) is 11.1 Å². The van der Waals surface area contributed by atoms with E-state index in [1.807, 2.05) is 26.2 Å². The van der Waals surface area contributed by atoms with Gasteiger partial charge in [-0.05, 0) is 32.3 Å². The quantitative estimate of drug-likeness (QED) is 0.895. The summed E-state index contributed by atoms with van der Waals surface area (Å²) >= 11 is 1.34. The molecule has 0 saturated carbocycles. The van der Waals surface area contributed by atoms with Crippen LogP contribution in [0.5, 0.6) is 0 Å². The predicted octanol–water partition coefficient (Wildman–Crippen LogP) is 1.25. The van der Waals surface area contributed by atoms with E-state index in [0.29, 0.717) is 25.7 Å². The largest absolute Gasteiger partial charge is 0.444 e. The van der Waals surface area contributed by atoms with Gasteiger partial charge in [0.1, 0.15) is 5.60 Å². The topological polar surface area (TPSA) is 67.3 Å². The van der Waals surface area contributed by atoms with Crippen molar-refractivity contribution in [1.29, 1.82) is 0 Å². The monoisotopic (exact) mass is 270 g/mol. The maximum Gasteiger partial charge on any atom is 0.410 e. The van der Waals surface area contributed by atoms with Gasteiger partial charge < -0.3 is 15.0 Å². The molecule has 1 aliphatic heterocycles. The number of hydrogen-bond acceptors (Lipinski definition) is 6. The summed E-state index contributed by atoms with van der Waals surface area (Å²) in [5.41, 5.74) is 0.512. The molecule has 1 saturated heterocycles. The minimum Gasteiger partial charge on any atom is -0.444 e. The molecule has 6 nitrogen and oxygen atoms in total. The first-order valence-corrected chi connectivity index (χ1v) is 6.75. The number of nitrogens with one attached hydrogen (secondary N) is 1. The number of hydrogen-bond donors (Lipinski definition) is 1. The lowest BCUT2D eigenvalue weighted by atomic mass is 10.1. The molecular formula is C11H18N4O2S. The smallest absolute Gasteiger partial charge is 0.410 e. The van der Waals surface area contributed by atoms with E-state index in [0.717, 1.165) is 5.69 Å². The Balaban J connectivity index is 1.66. The summed E-state index contributed by atoms with van der Waals surface area (Å²) in [5, 5.41) is 9.19. The van der Waals surface area contributed by atoms with Gasteiger partial charge in [-0.3, -0.25) is 0 Å². The number of likely N-dealkylation sites (tertiary alicyclic amines) is 1. The molecule has 2 heterocycles. The number of nitrogens with zero attached hydrogens (tertiary/aromatic N) is 3. The number of amides is 1. The molecule has 0 unspecified atom stereocenters. The zero-order chi connectivity index (χ0) is 13.2. The van der Waals surface area contributed by atoms with E-state index < -0.39 is 5.60 Å². The molecule has 0 aromatic carbocycles. The van der Waals surface area contributed by atoms with E-state index in [4.69, 9.17) is 4.74 Å². The van der Waals surface area contributed by atoms with Crippen molar-refractivity contribution in [3.8, 4) is 0 Å². The molecule has 1 N–H and O–H groups in total. The lowest BCUT2D eigenvalue weighted by molar-refractivity contribution is 0.00516. The maximum absolute atomic E-state index is 11.7. The fourth-order valence-electron chi connectivity index (χ4n) is 1.59. The van der Waals surface area contributed by atoms with Crippen LogP contribution in [0.1, 0.15) is 26.5 Å². The fraction of sp³-hybridized carbons (Fsp3) is 0.727. The summed E-state index contributed by atoms with van der Waals surface area (Å²) in [7, 11) is 0. The van der Waals surface area contributed by atoms with Crippen LogP contribution in [-0.2, 0) is 11.3 Å². The highest BCUT2D eigenvalue weighted by molar-refractivity contribution is 7.03. The van der Waals surface area contributed by atoms with Crippen molar-refractivity contribution in [2.45, 2.75) is 39.0 Å². The number of carbonyl (C=O) groups is 1. The Labute approximate surface area is 110 Å². The summed E-state index contributed by atoms with van der Waals surface area (Å²) in [4.78, 5) is 13.4. The van der Waals surface area contributed by atoms with Gasteiger partial charge in [-0.1, -0.05) is 4.49 Å². The highest BCUT2D eigenvalue weighted by Gasteiger charge is 2.33. The van der Waals surface area contributed by atoms with Gasteiger partial charge >= 0.3 is 6.09 Å². The average molecular weight is 270 g/mol. The first-order valence-electron chi connectivity index (χ1n) is 5.91. The molecule has 1 aliphatic rings. The highest BCUT2D eigenvalue weighted by atomic mass is 32.1. The zero-order valence-corrected chi connectivity index (χ0v) is 11.7. The molecule has 0 radical (unpaired) electrons. The van der Waals surface area contributed by atoms with Crippen molar-refractivity contribution in [2.75, 3.05) is 13.1 Å². The molecule has 18 heavy (non-hydrogen) atoms. The third-order valence-corrected chi connectivity index (χ3v) is 3.06. The van der Waals surface area contributed by atoms with Crippen LogP contribution in [0.25, 0.3) is 0 Å². The molecule has 1 fully saturated rings. The zero-order valence-electron chi connectivity index (χ0n) is 10.8. The number of carbonyl (C=O) groups excluding carboxylic acids is 1. The Morgan fingerprint density at radius 3 is 2.89 bits per heavy atom. The van der Waals surface area contributed by atoms with Crippen LogP contribution in [0.2, 0.25) is 0 Å². The van der Waals surface area contributed by atoms with Crippen LogP contribution in [0.3, 0.4) is 0 Å². The van der Waals surface area contributed by atoms with E-state index in [1.165, 1.54) is 11.5 Å². The Morgan fingerprint density at radius 2 is 2.33 bits per heavy atom. The van der Waals surface area contributed by atoms with Crippen LogP contribution in [0, 0.1) is 0 Å². The molecule has 7 heteroatoms. The first-order chi connectivity index (χ1) is 8.44. The van der Waals surface area contributed by atoms with E-state index in [2.05, 4.69) is 14.9 Å². The Hall–Kier alpha value is -1.21. The lowest BCUT2D eigenvalue weighted by Gasteiger charge is -2.40. The first kappa shape index (κ1) is 13.2. The van der Waals surface area contributed by atoms with Crippen molar-refractivity contribution < 1.29 is 9.53 Å². The third kappa shape index (κ3) is 3.64. The second-order valence-corrected chi connectivity index (χ2v) is 5.97. The van der Waals surface area contributed by atoms with Gasteiger partial charge in [0.15, 0.2) is 0 Å². The molecule has 100 valence electrons. The van der Waals surface area contributed by atoms with Crippen molar-refractivity contribution in [2.24, 2.45) is 0 Å². The van der Waals surface area contributed by atoms with Gasteiger partial charge in [0.05, 0.1) is 5.69 Å². The second kappa shape index (κ2) is 5.19. The minimum absolute atomic E-state index is 0.240. The molecule has 1 aromatic rings. The summed E-state index contributed by atoms with van der Waals surface area (Å²) in [6, 6.07) is 0.319. The summed E-state index contributed by atoms with van der Waals surface area (Å²) < 4.78 is 9.07. The second-order valence-electron chi connectivity index (χ2n) is 5.36. The molecule has 0 aliphatic carbocycles. The standard InChI is InChI=1S/C11H18N4O2S/c1-11(2,3)17-10(16)15-5-9(6-15)12-4-8-7-18-14-13-8/h7,9,12H,4-6H2,1-3H3. The van der Waals surface area contributed by atoms with Crippen LogP contribution >= 0.6 is 11.5 Å². The normalized spacial score (nSPS) is 16.5. The van der Waals surface area contributed by atoms with Gasteiger partial charge in [0, 0.05) is 31.1 Å². The Kier molecular flexibility index (Phi) is 3.82. The highest BCUT2D eigenvalue weighted by Crippen LogP contribution is 2.15. The summed E-state index contributed by atoms with van der Waals surface area (Å²) in [6.45, 7) is 7.68. The van der Waals surface area contributed by atoms with Crippen molar-refractivity contribution >= 4 is 17.6 Å². The average Bonchev–Trinajstić information content (AvgIpc) is 2.64. The molecule has 0 bridgehead atoms. The van der Waals surface area contributed by atoms with Crippen molar-refractivity contribution in [3.63, 3.8) is 0 Å². The number of ether oxygens (including phenoxy) is 1. The molecule has 0 atom stereocenters. The number of rotatable bonds is 3. The molecule has 1 amide bonds. The maximum atomic E-state index is 11.7. The Bertz CT molecular complexity index is 396. The van der Waals surface area contributed by atoms with Crippen molar-refractivity contribution in [1.82, 2.24) is 19.8 Å². The van der Waals surface area contributed by atoms with Crippen LogP contribution in [0.15, 0.2) is 5.38 Å². The van der Waals surface area contributed by atoms with E-state index in [9.17, 15) is 4.79 Å². The van der Waals surface area contributed by atoms with E-state index in [-0.39, 0.29) is 6.09 Å². The fourth-order valence-corrected chi connectivity index (χ4v) is 2.04. The lowest BCUT2D eigenvalue weighted by Crippen LogP contribution is -2.60. The van der Waals surface area contributed by atoms with Crippen LogP contribution < -0.4 is 5.32 Å². The SMILES string of the molecule is CC(C)(C)OC(=O)N1CC(NCc2csnn2)C1. The van der Waals surface area contributed by atoms with Gasteiger partial charge in [0.25, 0.3) is 0 Å². The molecule has 1 aromatic heterocycles. The van der Waals surface area contributed by atoms with E-state index in [1.54, 1.807) is 4.90 Å². The van der Waals surface area contributed by atoms with Crippen LogP contribution in [-0.4, -0.2) is 45.3 Å². The summed E-state index contributed by atoms with van der Waals surface area (Å²) in [6.07, 6.45) is -0.240. The van der Waals surface area contributed by atoms with Crippen LogP contribution in [0.4, 0.5) is 4.79 Å². The minimum atomic E-state index is -0.429. The third-order valence-electron chi connectivity index (χ3n) is 2.51. The summed E-state index contributed by atoms with van der Waals surface area (Å²) in [5.74, 6) is 0. The van der Waals surface area contributed by atoms with Gasteiger partial charge in [-0.25, -0.2) is 4.79 Å². The molecule has 0 spiro atoms. The predicted molar refractivity (Wildman–Crippen MR) is 68.3 cm³/mol. The number of aromatic nitrogens is 2. The van der Waals surface area contributed by atoms with Gasteiger partial charge in [-0.2, -0.15) is 0 Å². The Morgan fingerprint density at radius 1 is 1.61 bits per heavy atom. The molecule has 2 rings (SSSR count). The molecular weight excluding hydrogens is 252 g/mol.